The van der Waals surface area contributed by atoms with Crippen LogP contribution in [0.25, 0.3) is 11.3 Å². The molecule has 6 nitrogen and oxygen atoms in total. The summed E-state index contributed by atoms with van der Waals surface area (Å²) in [6.45, 7) is 7.29. The van der Waals surface area contributed by atoms with Gasteiger partial charge >= 0.3 is 6.09 Å². The van der Waals surface area contributed by atoms with Crippen LogP contribution in [-0.2, 0) is 11.3 Å². The molecule has 1 aromatic carbocycles. The molecule has 2 aromatic rings. The zero-order valence-corrected chi connectivity index (χ0v) is 22.6. The van der Waals surface area contributed by atoms with E-state index in [0.717, 1.165) is 36.2 Å². The second kappa shape index (κ2) is 13.2. The van der Waals surface area contributed by atoms with Crippen molar-refractivity contribution in [3.05, 3.63) is 34.9 Å². The molecule has 7 heteroatoms. The smallest absolute Gasteiger partial charge is 0.407 e. The molecule has 0 radical (unpaired) electrons. The summed E-state index contributed by atoms with van der Waals surface area (Å²) in [7, 11) is 0. The second-order valence-corrected chi connectivity index (χ2v) is 11.2. The molecule has 0 atom stereocenters. The maximum Gasteiger partial charge on any atom is 0.407 e. The predicted molar refractivity (Wildman–Crippen MR) is 143 cm³/mol. The lowest BCUT2D eigenvalue weighted by atomic mass is 10.1. The molecule has 188 valence electrons. The van der Waals surface area contributed by atoms with E-state index >= 15 is 0 Å². The fraction of sp³-hybridized carbons (Fsp3) is 0.630. The SMILES string of the molecule is CC(C)(C)OC(=O)NCCCCCCCCn1c(-c2ccc(Br)cc2)cnc1NC1CCCC1. The molecule has 1 fully saturated rings. The van der Waals surface area contributed by atoms with E-state index in [-0.39, 0.29) is 6.09 Å². The van der Waals surface area contributed by atoms with Gasteiger partial charge in [0.1, 0.15) is 5.60 Å². The number of anilines is 1. The Labute approximate surface area is 213 Å². The second-order valence-electron chi connectivity index (χ2n) is 10.3. The van der Waals surface area contributed by atoms with Gasteiger partial charge in [0.25, 0.3) is 0 Å². The van der Waals surface area contributed by atoms with Crippen LogP contribution in [0.15, 0.2) is 34.9 Å². The summed E-state index contributed by atoms with van der Waals surface area (Å²) in [5.41, 5.74) is 1.94. The Morgan fingerprint density at radius 1 is 1.06 bits per heavy atom. The van der Waals surface area contributed by atoms with Crippen LogP contribution in [0.4, 0.5) is 10.7 Å². The van der Waals surface area contributed by atoms with Crippen LogP contribution in [0.1, 0.15) is 85.0 Å². The van der Waals surface area contributed by atoms with Crippen molar-refractivity contribution in [2.24, 2.45) is 0 Å². The van der Waals surface area contributed by atoms with Crippen molar-refractivity contribution in [2.75, 3.05) is 11.9 Å². The summed E-state index contributed by atoms with van der Waals surface area (Å²) < 4.78 is 8.72. The maximum absolute atomic E-state index is 11.7. The highest BCUT2D eigenvalue weighted by atomic mass is 79.9. The topological polar surface area (TPSA) is 68.2 Å². The van der Waals surface area contributed by atoms with Crippen molar-refractivity contribution in [1.29, 1.82) is 0 Å². The molecule has 34 heavy (non-hydrogen) atoms. The van der Waals surface area contributed by atoms with Gasteiger partial charge < -0.3 is 19.9 Å². The number of nitrogens with zero attached hydrogens (tertiary/aromatic N) is 2. The lowest BCUT2D eigenvalue weighted by Gasteiger charge is -2.19. The number of hydrogen-bond donors (Lipinski definition) is 2. The summed E-state index contributed by atoms with van der Waals surface area (Å²) >= 11 is 3.54. The van der Waals surface area contributed by atoms with Crippen LogP contribution in [-0.4, -0.2) is 33.8 Å². The van der Waals surface area contributed by atoms with Crippen molar-refractivity contribution >= 4 is 28.0 Å². The number of benzene rings is 1. The van der Waals surface area contributed by atoms with Gasteiger partial charge in [0, 0.05) is 23.6 Å². The molecule has 0 unspecified atom stereocenters. The predicted octanol–water partition coefficient (Wildman–Crippen LogP) is 7.53. The minimum Gasteiger partial charge on any atom is -0.444 e. The van der Waals surface area contributed by atoms with Crippen molar-refractivity contribution in [3.63, 3.8) is 0 Å². The van der Waals surface area contributed by atoms with E-state index in [2.05, 4.69) is 55.4 Å². The minimum absolute atomic E-state index is 0.323. The van der Waals surface area contributed by atoms with E-state index in [0.29, 0.717) is 12.6 Å². The first-order valence-corrected chi connectivity index (χ1v) is 13.7. The van der Waals surface area contributed by atoms with E-state index in [1.165, 1.54) is 56.2 Å². The molecule has 0 bridgehead atoms. The standard InChI is InChI=1S/C27H41BrN4O2/c1-27(2,3)34-26(33)29-18-10-6-4-5-7-11-19-32-24(21-14-16-22(28)17-15-21)20-30-25(32)31-23-12-8-9-13-23/h14-17,20,23H,4-13,18-19H2,1-3H3,(H,29,33)(H,30,31). The zero-order chi connectivity index (χ0) is 24.4. The monoisotopic (exact) mass is 532 g/mol. The molecule has 0 aliphatic heterocycles. The molecular weight excluding hydrogens is 492 g/mol. The Bertz CT molecular complexity index is 883. The Hall–Kier alpha value is -2.02. The van der Waals surface area contributed by atoms with Crippen LogP contribution in [0.3, 0.4) is 0 Å². The third-order valence-electron chi connectivity index (χ3n) is 6.16. The number of ether oxygens (including phenoxy) is 1. The molecule has 1 saturated carbocycles. The van der Waals surface area contributed by atoms with Gasteiger partial charge in [-0.2, -0.15) is 0 Å². The van der Waals surface area contributed by atoms with Gasteiger partial charge in [0.2, 0.25) is 5.95 Å². The van der Waals surface area contributed by atoms with Gasteiger partial charge in [-0.25, -0.2) is 9.78 Å². The third-order valence-corrected chi connectivity index (χ3v) is 6.69. The van der Waals surface area contributed by atoms with Crippen molar-refractivity contribution in [1.82, 2.24) is 14.9 Å². The van der Waals surface area contributed by atoms with Gasteiger partial charge in [0.15, 0.2) is 0 Å². The maximum atomic E-state index is 11.7. The van der Waals surface area contributed by atoms with Gasteiger partial charge in [-0.1, -0.05) is 66.6 Å². The lowest BCUT2D eigenvalue weighted by Crippen LogP contribution is -2.32. The molecule has 2 N–H and O–H groups in total. The quantitative estimate of drug-likeness (QED) is 0.277. The number of halogens is 1. The van der Waals surface area contributed by atoms with Crippen LogP contribution < -0.4 is 10.6 Å². The molecule has 1 aliphatic rings. The highest BCUT2D eigenvalue weighted by molar-refractivity contribution is 9.10. The van der Waals surface area contributed by atoms with Gasteiger partial charge in [-0.15, -0.1) is 0 Å². The van der Waals surface area contributed by atoms with Crippen LogP contribution in [0.5, 0.6) is 0 Å². The number of carbonyl (C=O) groups is 1. The Kier molecular flexibility index (Phi) is 10.3. The lowest BCUT2D eigenvalue weighted by molar-refractivity contribution is 0.0527. The van der Waals surface area contributed by atoms with Gasteiger partial charge in [-0.3, -0.25) is 0 Å². The highest BCUT2D eigenvalue weighted by Gasteiger charge is 2.19. The molecule has 0 spiro atoms. The molecule has 1 aliphatic carbocycles. The number of imidazole rings is 1. The van der Waals surface area contributed by atoms with Crippen LogP contribution >= 0.6 is 15.9 Å². The first kappa shape index (κ1) is 26.6. The number of unbranched alkanes of at least 4 members (excludes halogenated alkanes) is 5. The van der Waals surface area contributed by atoms with Crippen molar-refractivity contribution < 1.29 is 9.53 Å². The first-order chi connectivity index (χ1) is 16.3. The number of hydrogen-bond acceptors (Lipinski definition) is 4. The number of nitrogens with one attached hydrogen (secondary N) is 2. The first-order valence-electron chi connectivity index (χ1n) is 12.9. The summed E-state index contributed by atoms with van der Waals surface area (Å²) in [5, 5.41) is 6.55. The van der Waals surface area contributed by atoms with E-state index in [4.69, 9.17) is 9.72 Å². The molecule has 1 aromatic heterocycles. The third kappa shape index (κ3) is 8.97. The largest absolute Gasteiger partial charge is 0.444 e. The highest BCUT2D eigenvalue weighted by Crippen LogP contribution is 2.28. The van der Waals surface area contributed by atoms with Gasteiger partial charge in [0.05, 0.1) is 11.9 Å². The Morgan fingerprint density at radius 3 is 2.38 bits per heavy atom. The molecule has 0 saturated heterocycles. The normalized spacial score (nSPS) is 14.4. The molecule has 3 rings (SSSR count). The zero-order valence-electron chi connectivity index (χ0n) is 21.0. The fourth-order valence-electron chi connectivity index (χ4n) is 4.43. The molecule has 1 amide bonds. The number of amides is 1. The van der Waals surface area contributed by atoms with Gasteiger partial charge in [-0.05, 0) is 64.2 Å². The van der Waals surface area contributed by atoms with E-state index in [1.54, 1.807) is 0 Å². The number of aromatic nitrogens is 2. The van der Waals surface area contributed by atoms with Crippen LogP contribution in [0, 0.1) is 0 Å². The summed E-state index contributed by atoms with van der Waals surface area (Å²) in [6.07, 6.45) is 13.6. The van der Waals surface area contributed by atoms with E-state index in [9.17, 15) is 4.79 Å². The Balaban J connectivity index is 1.42. The number of alkyl carbamates (subject to hydrolysis) is 1. The van der Waals surface area contributed by atoms with Crippen molar-refractivity contribution in [3.8, 4) is 11.3 Å². The van der Waals surface area contributed by atoms with Crippen LogP contribution in [0.2, 0.25) is 0 Å². The molecular formula is C27H41BrN4O2. The average Bonchev–Trinajstić information content (AvgIpc) is 3.42. The summed E-state index contributed by atoms with van der Waals surface area (Å²) in [4.78, 5) is 16.4. The fourth-order valence-corrected chi connectivity index (χ4v) is 4.69. The van der Waals surface area contributed by atoms with E-state index < -0.39 is 5.60 Å². The Morgan fingerprint density at radius 2 is 1.71 bits per heavy atom. The van der Waals surface area contributed by atoms with Crippen molar-refractivity contribution in [2.45, 2.75) is 103 Å². The summed E-state index contributed by atoms with van der Waals surface area (Å²) in [5.74, 6) is 1.01. The number of carbonyl (C=O) groups excluding carboxylic acids is 1. The molecule has 1 heterocycles. The average molecular weight is 534 g/mol. The summed E-state index contributed by atoms with van der Waals surface area (Å²) in [6, 6.07) is 9.04. The number of rotatable bonds is 12. The minimum atomic E-state index is -0.441. The van der Waals surface area contributed by atoms with E-state index in [1.807, 2.05) is 27.0 Å².